The normalized spacial score (nSPS) is 18.3. The van der Waals surface area contributed by atoms with Crippen LogP contribution in [0.2, 0.25) is 0 Å². The van der Waals surface area contributed by atoms with Crippen LogP contribution in [0.5, 0.6) is 5.75 Å². The van der Waals surface area contributed by atoms with Gasteiger partial charge in [0.2, 0.25) is 0 Å². The van der Waals surface area contributed by atoms with Gasteiger partial charge in [0, 0.05) is 11.1 Å². The zero-order valence-corrected chi connectivity index (χ0v) is 11.1. The summed E-state index contributed by atoms with van der Waals surface area (Å²) >= 11 is 0. The molecule has 1 heterocycles. The van der Waals surface area contributed by atoms with Gasteiger partial charge in [-0.1, -0.05) is 0 Å². The Kier molecular flexibility index (Phi) is 2.73. The molecule has 1 aliphatic carbocycles. The fraction of sp³-hybridized carbons (Fsp3) is 0.400. The number of aliphatic carboxylic acids is 1. The Morgan fingerprint density at radius 2 is 2.26 bits per heavy atom. The zero-order valence-electron chi connectivity index (χ0n) is 11.1. The molecule has 1 aliphatic rings. The first-order chi connectivity index (χ1) is 9.11. The number of carboxylic acid groups (broad SMARTS) is 1. The van der Waals surface area contributed by atoms with Gasteiger partial charge in [0.05, 0.1) is 18.5 Å². The Hall–Kier alpha value is -1.97. The van der Waals surface area contributed by atoms with Crippen LogP contribution < -0.4 is 4.74 Å². The lowest BCUT2D eigenvalue weighted by molar-refractivity contribution is -0.139. The minimum absolute atomic E-state index is 0.416. The first kappa shape index (κ1) is 12.1. The molecule has 0 amide bonds. The summed E-state index contributed by atoms with van der Waals surface area (Å²) in [7, 11) is 1.64. The highest BCUT2D eigenvalue weighted by Crippen LogP contribution is 2.39. The van der Waals surface area contributed by atoms with E-state index < -0.39 is 11.9 Å². The van der Waals surface area contributed by atoms with E-state index in [2.05, 4.69) is 11.1 Å². The van der Waals surface area contributed by atoms with Gasteiger partial charge in [0.1, 0.15) is 5.75 Å². The van der Waals surface area contributed by atoms with Gasteiger partial charge in [0.15, 0.2) is 0 Å². The molecule has 1 unspecified atom stereocenters. The van der Waals surface area contributed by atoms with Crippen molar-refractivity contribution in [2.45, 2.75) is 32.1 Å². The van der Waals surface area contributed by atoms with Crippen molar-refractivity contribution < 1.29 is 14.6 Å². The summed E-state index contributed by atoms with van der Waals surface area (Å²) in [4.78, 5) is 14.7. The summed E-state index contributed by atoms with van der Waals surface area (Å²) in [5.41, 5.74) is 4.06. The highest BCUT2D eigenvalue weighted by Gasteiger charge is 2.30. The lowest BCUT2D eigenvalue weighted by Gasteiger charge is -2.18. The number of hydrogen-bond acceptors (Lipinski definition) is 2. The molecule has 0 spiro atoms. The number of aryl methyl sites for hydroxylation is 2. The van der Waals surface area contributed by atoms with Gasteiger partial charge in [-0.25, -0.2) is 0 Å². The van der Waals surface area contributed by atoms with E-state index in [9.17, 15) is 9.90 Å². The maximum Gasteiger partial charge on any atom is 0.312 e. The lowest BCUT2D eigenvalue weighted by atomic mass is 9.87. The van der Waals surface area contributed by atoms with Crippen LogP contribution in [-0.4, -0.2) is 23.2 Å². The molecule has 1 aromatic heterocycles. The number of aromatic nitrogens is 1. The molecule has 19 heavy (non-hydrogen) atoms. The second kappa shape index (κ2) is 4.30. The van der Waals surface area contributed by atoms with E-state index in [1.807, 2.05) is 13.0 Å². The SMILES string of the molecule is COc1cc(C)cc2c3c([nH]c12)C(C(=O)O)CCC3. The largest absolute Gasteiger partial charge is 0.495 e. The Morgan fingerprint density at radius 1 is 1.47 bits per heavy atom. The van der Waals surface area contributed by atoms with Gasteiger partial charge in [-0.05, 0) is 49.4 Å². The summed E-state index contributed by atoms with van der Waals surface area (Å²) in [6, 6.07) is 4.08. The molecule has 100 valence electrons. The number of methoxy groups -OCH3 is 1. The van der Waals surface area contributed by atoms with Crippen molar-refractivity contribution in [1.82, 2.24) is 4.98 Å². The van der Waals surface area contributed by atoms with Crippen LogP contribution in [0.3, 0.4) is 0 Å². The number of carbonyl (C=O) groups is 1. The second-order valence-electron chi connectivity index (χ2n) is 5.19. The third-order valence-corrected chi connectivity index (χ3v) is 3.94. The molecular formula is C15H17NO3. The Labute approximate surface area is 111 Å². The van der Waals surface area contributed by atoms with Crippen molar-refractivity contribution in [2.75, 3.05) is 7.11 Å². The summed E-state index contributed by atoms with van der Waals surface area (Å²) in [6.07, 6.45) is 2.56. The summed E-state index contributed by atoms with van der Waals surface area (Å²) in [5, 5.41) is 10.4. The molecule has 3 rings (SSSR count). The van der Waals surface area contributed by atoms with E-state index in [4.69, 9.17) is 4.74 Å². The van der Waals surface area contributed by atoms with Gasteiger partial charge in [-0.3, -0.25) is 4.79 Å². The van der Waals surface area contributed by atoms with E-state index in [0.717, 1.165) is 46.3 Å². The molecular weight excluding hydrogens is 242 g/mol. The third kappa shape index (κ3) is 1.79. The fourth-order valence-corrected chi connectivity index (χ4v) is 3.08. The van der Waals surface area contributed by atoms with E-state index >= 15 is 0 Å². The minimum atomic E-state index is -0.747. The number of ether oxygens (including phenoxy) is 1. The molecule has 4 nitrogen and oxygen atoms in total. The van der Waals surface area contributed by atoms with Crippen molar-refractivity contribution in [3.63, 3.8) is 0 Å². The minimum Gasteiger partial charge on any atom is -0.495 e. The molecule has 0 saturated heterocycles. The van der Waals surface area contributed by atoms with Crippen molar-refractivity contribution in [2.24, 2.45) is 0 Å². The molecule has 2 N–H and O–H groups in total. The summed E-state index contributed by atoms with van der Waals surface area (Å²) in [5.74, 6) is -0.377. The standard InChI is InChI=1S/C15H17NO3/c1-8-6-11-9-4-3-5-10(15(17)18)13(9)16-14(11)12(7-8)19-2/h6-7,10,16H,3-5H2,1-2H3,(H,17,18). The van der Waals surface area contributed by atoms with E-state index in [-0.39, 0.29) is 0 Å². The lowest BCUT2D eigenvalue weighted by Crippen LogP contribution is -2.17. The molecule has 0 aliphatic heterocycles. The van der Waals surface area contributed by atoms with Gasteiger partial charge < -0.3 is 14.8 Å². The molecule has 0 fully saturated rings. The topological polar surface area (TPSA) is 62.3 Å². The number of nitrogens with one attached hydrogen (secondary N) is 1. The maximum absolute atomic E-state index is 11.4. The van der Waals surface area contributed by atoms with E-state index in [0.29, 0.717) is 6.42 Å². The smallest absolute Gasteiger partial charge is 0.312 e. The van der Waals surface area contributed by atoms with Gasteiger partial charge in [0.25, 0.3) is 0 Å². The molecule has 4 heteroatoms. The van der Waals surface area contributed by atoms with Crippen LogP contribution in [0.1, 0.15) is 35.6 Å². The quantitative estimate of drug-likeness (QED) is 0.871. The van der Waals surface area contributed by atoms with Crippen LogP contribution in [0.15, 0.2) is 12.1 Å². The molecule has 2 aromatic rings. The molecule has 1 aromatic carbocycles. The first-order valence-corrected chi connectivity index (χ1v) is 6.53. The van der Waals surface area contributed by atoms with Crippen LogP contribution in [0.25, 0.3) is 10.9 Å². The van der Waals surface area contributed by atoms with Crippen molar-refractivity contribution >= 4 is 16.9 Å². The van der Waals surface area contributed by atoms with Gasteiger partial charge >= 0.3 is 5.97 Å². The maximum atomic E-state index is 11.4. The Morgan fingerprint density at radius 3 is 2.95 bits per heavy atom. The number of hydrogen-bond donors (Lipinski definition) is 2. The van der Waals surface area contributed by atoms with Crippen molar-refractivity contribution in [3.8, 4) is 5.75 Å². The van der Waals surface area contributed by atoms with Crippen LogP contribution in [-0.2, 0) is 11.2 Å². The molecule has 1 atom stereocenters. The average molecular weight is 259 g/mol. The van der Waals surface area contributed by atoms with Crippen molar-refractivity contribution in [3.05, 3.63) is 29.0 Å². The summed E-state index contributed by atoms with van der Waals surface area (Å²) < 4.78 is 5.40. The van der Waals surface area contributed by atoms with E-state index in [1.54, 1.807) is 7.11 Å². The number of rotatable bonds is 2. The second-order valence-corrected chi connectivity index (χ2v) is 5.19. The van der Waals surface area contributed by atoms with E-state index in [1.165, 1.54) is 0 Å². The molecule has 0 bridgehead atoms. The fourth-order valence-electron chi connectivity index (χ4n) is 3.08. The van der Waals surface area contributed by atoms with Crippen LogP contribution in [0.4, 0.5) is 0 Å². The number of carboxylic acids is 1. The molecule has 0 saturated carbocycles. The van der Waals surface area contributed by atoms with Gasteiger partial charge in [-0.15, -0.1) is 0 Å². The first-order valence-electron chi connectivity index (χ1n) is 6.53. The number of aromatic amines is 1. The zero-order chi connectivity index (χ0) is 13.6. The van der Waals surface area contributed by atoms with Gasteiger partial charge in [-0.2, -0.15) is 0 Å². The highest BCUT2D eigenvalue weighted by molar-refractivity contribution is 5.92. The summed E-state index contributed by atoms with van der Waals surface area (Å²) in [6.45, 7) is 2.03. The Bertz CT molecular complexity index is 657. The number of benzene rings is 1. The number of fused-ring (bicyclic) bond motifs is 3. The highest BCUT2D eigenvalue weighted by atomic mass is 16.5. The predicted molar refractivity (Wildman–Crippen MR) is 72.9 cm³/mol. The predicted octanol–water partition coefficient (Wildman–Crippen LogP) is 2.99. The Balaban J connectivity index is 2.29. The third-order valence-electron chi connectivity index (χ3n) is 3.94. The van der Waals surface area contributed by atoms with Crippen LogP contribution >= 0.6 is 0 Å². The van der Waals surface area contributed by atoms with Crippen molar-refractivity contribution in [1.29, 1.82) is 0 Å². The monoisotopic (exact) mass is 259 g/mol. The molecule has 0 radical (unpaired) electrons. The van der Waals surface area contributed by atoms with Crippen LogP contribution in [0, 0.1) is 6.92 Å². The average Bonchev–Trinajstić information content (AvgIpc) is 2.76. The number of H-pyrrole nitrogens is 1.